The number of halogens is 1. The third kappa shape index (κ3) is 3.95. The quantitative estimate of drug-likeness (QED) is 0.863. The minimum Gasteiger partial charge on any atom is -0.317 e. The Morgan fingerprint density at radius 2 is 2.00 bits per heavy atom. The minimum absolute atomic E-state index is 0.454. The molecule has 1 unspecified atom stereocenters. The molecule has 114 valence electrons. The van der Waals surface area contributed by atoms with Crippen LogP contribution in [0.2, 0.25) is 0 Å². The number of likely N-dealkylation sites (N-methyl/N-ethyl adjacent to an activating group) is 1. The molecule has 1 N–H and O–H groups in total. The van der Waals surface area contributed by atoms with Gasteiger partial charge in [0.15, 0.2) is 0 Å². The van der Waals surface area contributed by atoms with Gasteiger partial charge in [0.05, 0.1) is 15.9 Å². The summed E-state index contributed by atoms with van der Waals surface area (Å²) in [5, 5.41) is 7.91. The van der Waals surface area contributed by atoms with E-state index in [1.54, 1.807) is 0 Å². The van der Waals surface area contributed by atoms with E-state index in [4.69, 9.17) is 0 Å². The van der Waals surface area contributed by atoms with Crippen molar-refractivity contribution < 1.29 is 0 Å². The summed E-state index contributed by atoms with van der Waals surface area (Å²) in [6.45, 7) is 4.22. The minimum atomic E-state index is 0.454. The molecule has 0 aliphatic rings. The molecule has 0 aliphatic heterocycles. The van der Waals surface area contributed by atoms with Crippen molar-refractivity contribution in [3.63, 3.8) is 0 Å². The van der Waals surface area contributed by atoms with E-state index >= 15 is 0 Å². The molecule has 3 nitrogen and oxygen atoms in total. The molecule has 0 bridgehead atoms. The number of benzene rings is 1. The lowest BCUT2D eigenvalue weighted by Gasteiger charge is -2.17. The number of nitrogens with zero attached hydrogens (tertiary/aromatic N) is 2. The largest absolute Gasteiger partial charge is 0.317 e. The molecular weight excluding hydrogens is 326 g/mol. The van der Waals surface area contributed by atoms with Crippen molar-refractivity contribution in [2.75, 3.05) is 7.05 Å². The normalized spacial score (nSPS) is 12.6. The molecule has 2 aromatic rings. The maximum atomic E-state index is 4.47. The predicted octanol–water partition coefficient (Wildman–Crippen LogP) is 3.56. The molecule has 4 heteroatoms. The van der Waals surface area contributed by atoms with Crippen LogP contribution in [0, 0.1) is 13.8 Å². The molecule has 2 rings (SSSR count). The molecule has 1 aromatic heterocycles. The van der Waals surface area contributed by atoms with Crippen molar-refractivity contribution in [1.29, 1.82) is 0 Å². The van der Waals surface area contributed by atoms with E-state index in [1.165, 1.54) is 16.8 Å². The fraction of sp³-hybridized carbons (Fsp3) is 0.471. The third-order valence-corrected chi connectivity index (χ3v) is 5.16. The van der Waals surface area contributed by atoms with E-state index in [-0.39, 0.29) is 0 Å². The standard InChI is InChI=1S/C17H24BrN3/c1-12-7-5-6-8-14(12)9-10-15(19-3)11-16-17(18)13(2)20-21(16)4/h5-8,15,19H,9-11H2,1-4H3. The van der Waals surface area contributed by atoms with Crippen LogP contribution in [0.3, 0.4) is 0 Å². The lowest BCUT2D eigenvalue weighted by atomic mass is 9.99. The number of rotatable bonds is 6. The maximum Gasteiger partial charge on any atom is 0.0738 e. The van der Waals surface area contributed by atoms with Crippen LogP contribution in [0.15, 0.2) is 28.7 Å². The van der Waals surface area contributed by atoms with Crippen LogP contribution in [0.1, 0.15) is 28.9 Å². The Kier molecular flexibility index (Phi) is 5.59. The summed E-state index contributed by atoms with van der Waals surface area (Å²) in [6, 6.07) is 9.09. The van der Waals surface area contributed by atoms with Crippen molar-refractivity contribution in [1.82, 2.24) is 15.1 Å². The first-order chi connectivity index (χ1) is 10.0. The van der Waals surface area contributed by atoms with Gasteiger partial charge in [-0.05, 0) is 60.8 Å². The lowest BCUT2D eigenvalue weighted by Crippen LogP contribution is -2.29. The zero-order chi connectivity index (χ0) is 15.4. The van der Waals surface area contributed by atoms with Crippen LogP contribution < -0.4 is 5.32 Å². The molecule has 1 heterocycles. The molecular formula is C17H24BrN3. The van der Waals surface area contributed by atoms with E-state index in [2.05, 4.69) is 57.5 Å². The summed E-state index contributed by atoms with van der Waals surface area (Å²) >= 11 is 3.66. The highest BCUT2D eigenvalue weighted by atomic mass is 79.9. The van der Waals surface area contributed by atoms with Crippen LogP contribution in [0.5, 0.6) is 0 Å². The Balaban J connectivity index is 2.02. The van der Waals surface area contributed by atoms with Crippen molar-refractivity contribution in [3.05, 3.63) is 51.3 Å². The van der Waals surface area contributed by atoms with Crippen LogP contribution in [-0.2, 0) is 19.9 Å². The van der Waals surface area contributed by atoms with Crippen molar-refractivity contribution in [2.24, 2.45) is 7.05 Å². The third-order valence-electron chi connectivity index (χ3n) is 4.13. The Morgan fingerprint density at radius 3 is 2.57 bits per heavy atom. The summed E-state index contributed by atoms with van der Waals surface area (Å²) in [5.41, 5.74) is 5.14. The second-order valence-corrected chi connectivity index (χ2v) is 6.42. The zero-order valence-corrected chi connectivity index (χ0v) is 14.9. The van der Waals surface area contributed by atoms with Crippen LogP contribution in [0.4, 0.5) is 0 Å². The monoisotopic (exact) mass is 349 g/mol. The molecule has 0 fully saturated rings. The molecule has 0 aliphatic carbocycles. The van der Waals surface area contributed by atoms with Gasteiger partial charge in [-0.1, -0.05) is 24.3 Å². The van der Waals surface area contributed by atoms with E-state index in [1.807, 2.05) is 25.7 Å². The van der Waals surface area contributed by atoms with Gasteiger partial charge in [0.2, 0.25) is 0 Å². The molecule has 0 saturated heterocycles. The van der Waals surface area contributed by atoms with Gasteiger partial charge < -0.3 is 5.32 Å². The van der Waals surface area contributed by atoms with Gasteiger partial charge in [0, 0.05) is 19.5 Å². The van der Waals surface area contributed by atoms with Gasteiger partial charge in [-0.2, -0.15) is 5.10 Å². The van der Waals surface area contributed by atoms with Crippen molar-refractivity contribution >= 4 is 15.9 Å². The lowest BCUT2D eigenvalue weighted by molar-refractivity contribution is 0.502. The Labute approximate surface area is 135 Å². The molecule has 21 heavy (non-hydrogen) atoms. The molecule has 0 amide bonds. The molecule has 0 spiro atoms. The van der Waals surface area contributed by atoms with Gasteiger partial charge in [-0.15, -0.1) is 0 Å². The summed E-state index contributed by atoms with van der Waals surface area (Å²) in [4.78, 5) is 0. The fourth-order valence-corrected chi connectivity index (χ4v) is 3.20. The second-order valence-electron chi connectivity index (χ2n) is 5.62. The molecule has 1 atom stereocenters. The number of nitrogens with one attached hydrogen (secondary N) is 1. The molecule has 1 aromatic carbocycles. The second kappa shape index (κ2) is 7.23. The number of hydrogen-bond acceptors (Lipinski definition) is 2. The first-order valence-electron chi connectivity index (χ1n) is 7.42. The highest BCUT2D eigenvalue weighted by molar-refractivity contribution is 9.10. The summed E-state index contributed by atoms with van der Waals surface area (Å²) in [7, 11) is 4.06. The van der Waals surface area contributed by atoms with Gasteiger partial charge >= 0.3 is 0 Å². The average molecular weight is 350 g/mol. The first kappa shape index (κ1) is 16.2. The number of aromatic nitrogens is 2. The average Bonchev–Trinajstić information content (AvgIpc) is 2.70. The number of hydrogen-bond donors (Lipinski definition) is 1. The fourth-order valence-electron chi connectivity index (χ4n) is 2.70. The number of aryl methyl sites for hydroxylation is 4. The highest BCUT2D eigenvalue weighted by Gasteiger charge is 2.16. The maximum absolute atomic E-state index is 4.47. The van der Waals surface area contributed by atoms with E-state index in [0.717, 1.165) is 29.4 Å². The van der Waals surface area contributed by atoms with E-state index < -0.39 is 0 Å². The smallest absolute Gasteiger partial charge is 0.0738 e. The van der Waals surface area contributed by atoms with Crippen molar-refractivity contribution in [2.45, 2.75) is 39.2 Å². The van der Waals surface area contributed by atoms with E-state index in [9.17, 15) is 0 Å². The molecule has 0 radical (unpaired) electrons. The summed E-state index contributed by atoms with van der Waals surface area (Å²) < 4.78 is 3.12. The Morgan fingerprint density at radius 1 is 1.29 bits per heavy atom. The van der Waals surface area contributed by atoms with E-state index in [0.29, 0.717) is 6.04 Å². The SMILES string of the molecule is CNC(CCc1ccccc1C)Cc1c(Br)c(C)nn1C. The van der Waals surface area contributed by atoms with Crippen LogP contribution in [-0.4, -0.2) is 22.9 Å². The van der Waals surface area contributed by atoms with Gasteiger partial charge in [-0.25, -0.2) is 0 Å². The first-order valence-corrected chi connectivity index (χ1v) is 8.22. The zero-order valence-electron chi connectivity index (χ0n) is 13.3. The Bertz CT molecular complexity index is 604. The highest BCUT2D eigenvalue weighted by Crippen LogP contribution is 2.22. The Hall–Kier alpha value is -1.13. The summed E-state index contributed by atoms with van der Waals surface area (Å²) in [5.74, 6) is 0. The van der Waals surface area contributed by atoms with Gasteiger partial charge in [0.25, 0.3) is 0 Å². The predicted molar refractivity (Wildman–Crippen MR) is 91.7 cm³/mol. The topological polar surface area (TPSA) is 29.9 Å². The van der Waals surface area contributed by atoms with Crippen molar-refractivity contribution in [3.8, 4) is 0 Å². The molecule has 0 saturated carbocycles. The van der Waals surface area contributed by atoms with Crippen LogP contribution >= 0.6 is 15.9 Å². The van der Waals surface area contributed by atoms with Gasteiger partial charge in [0.1, 0.15) is 0 Å². The van der Waals surface area contributed by atoms with Crippen LogP contribution in [0.25, 0.3) is 0 Å². The van der Waals surface area contributed by atoms with Gasteiger partial charge in [-0.3, -0.25) is 4.68 Å². The summed E-state index contributed by atoms with van der Waals surface area (Å²) in [6.07, 6.45) is 3.21.